The topological polar surface area (TPSA) is 83.4 Å². The summed E-state index contributed by atoms with van der Waals surface area (Å²) >= 11 is 0. The van der Waals surface area contributed by atoms with Crippen LogP contribution in [0.5, 0.6) is 11.5 Å². The molecule has 0 fully saturated rings. The molecular weight excluding hydrogens is 294 g/mol. The van der Waals surface area contributed by atoms with Crippen LogP contribution >= 0.6 is 0 Å². The maximum Gasteiger partial charge on any atom is 0.244 e. The minimum Gasteiger partial charge on any atom is -0.454 e. The molecule has 1 aromatic heterocycles. The summed E-state index contributed by atoms with van der Waals surface area (Å²) in [7, 11) is 0. The van der Waals surface area contributed by atoms with E-state index in [0.29, 0.717) is 23.9 Å². The molecule has 2 N–H and O–H groups in total. The molecule has 6 nitrogen and oxygen atoms in total. The fourth-order valence-corrected chi connectivity index (χ4v) is 2.49. The predicted molar refractivity (Wildman–Crippen MR) is 82.9 cm³/mol. The van der Waals surface area contributed by atoms with Gasteiger partial charge in [0, 0.05) is 5.56 Å². The minimum atomic E-state index is -0.340. The van der Waals surface area contributed by atoms with Gasteiger partial charge in [-0.3, -0.25) is 0 Å². The average Bonchev–Trinajstić information content (AvgIpc) is 3.24. The zero-order valence-corrected chi connectivity index (χ0v) is 12.3. The highest BCUT2D eigenvalue weighted by Gasteiger charge is 2.19. The molecule has 23 heavy (non-hydrogen) atoms. The average molecular weight is 309 g/mol. The Bertz CT molecular complexity index is 817. The van der Waals surface area contributed by atoms with Crippen LogP contribution in [0, 0.1) is 0 Å². The number of hydrogen-bond donors (Lipinski definition) is 1. The van der Waals surface area contributed by atoms with E-state index < -0.39 is 0 Å². The van der Waals surface area contributed by atoms with Gasteiger partial charge >= 0.3 is 0 Å². The van der Waals surface area contributed by atoms with Gasteiger partial charge in [0.15, 0.2) is 11.5 Å². The summed E-state index contributed by atoms with van der Waals surface area (Å²) in [5, 5.41) is 4.01. The molecule has 0 spiro atoms. The molecule has 116 valence electrons. The molecule has 2 aromatic carbocycles. The highest BCUT2D eigenvalue weighted by atomic mass is 16.7. The second kappa shape index (κ2) is 5.73. The van der Waals surface area contributed by atoms with Gasteiger partial charge in [-0.25, -0.2) is 0 Å². The van der Waals surface area contributed by atoms with Crippen LogP contribution in [-0.2, 0) is 6.42 Å². The Morgan fingerprint density at radius 1 is 1.04 bits per heavy atom. The summed E-state index contributed by atoms with van der Waals surface area (Å²) in [5.74, 6) is 2.31. The normalized spacial score (nSPS) is 14.0. The Kier molecular flexibility index (Phi) is 3.44. The first kappa shape index (κ1) is 13.8. The predicted octanol–water partition coefficient (Wildman–Crippen LogP) is 2.71. The first-order valence-electron chi connectivity index (χ1n) is 7.33. The van der Waals surface area contributed by atoms with Crippen molar-refractivity contribution in [2.45, 2.75) is 12.5 Å². The van der Waals surface area contributed by atoms with E-state index in [-0.39, 0.29) is 12.8 Å². The monoisotopic (exact) mass is 309 g/mol. The van der Waals surface area contributed by atoms with Gasteiger partial charge in [0.2, 0.25) is 18.5 Å². The molecule has 0 bridgehead atoms. The Hall–Kier alpha value is -2.86. The SMILES string of the molecule is NC(Cc1ccccc1)c1nc(-c2ccc3c(c2)OCO3)no1. The molecule has 0 radical (unpaired) electrons. The minimum absolute atomic E-state index is 0.234. The van der Waals surface area contributed by atoms with Crippen molar-refractivity contribution in [2.24, 2.45) is 5.73 Å². The maximum absolute atomic E-state index is 6.17. The lowest BCUT2D eigenvalue weighted by atomic mass is 10.1. The van der Waals surface area contributed by atoms with Gasteiger partial charge in [0.25, 0.3) is 0 Å². The lowest BCUT2D eigenvalue weighted by molar-refractivity contribution is 0.174. The van der Waals surface area contributed by atoms with Gasteiger partial charge < -0.3 is 19.7 Å². The van der Waals surface area contributed by atoms with Crippen LogP contribution in [0.3, 0.4) is 0 Å². The molecule has 0 saturated carbocycles. The summed E-state index contributed by atoms with van der Waals surface area (Å²) in [4.78, 5) is 4.40. The van der Waals surface area contributed by atoms with Crippen molar-refractivity contribution in [1.29, 1.82) is 0 Å². The standard InChI is InChI=1S/C17H15N3O3/c18-13(8-11-4-2-1-3-5-11)17-19-16(20-23-17)12-6-7-14-15(9-12)22-10-21-14/h1-7,9,13H,8,10,18H2. The Balaban J connectivity index is 1.54. The fraction of sp³-hybridized carbons (Fsp3) is 0.176. The van der Waals surface area contributed by atoms with Gasteiger partial charge in [-0.1, -0.05) is 35.5 Å². The van der Waals surface area contributed by atoms with Crippen molar-refractivity contribution >= 4 is 0 Å². The second-order valence-electron chi connectivity index (χ2n) is 5.32. The summed E-state index contributed by atoms with van der Waals surface area (Å²) in [6.07, 6.45) is 0.642. The lowest BCUT2D eigenvalue weighted by Gasteiger charge is -2.06. The molecule has 1 atom stereocenters. The van der Waals surface area contributed by atoms with Crippen molar-refractivity contribution in [3.8, 4) is 22.9 Å². The van der Waals surface area contributed by atoms with E-state index in [1.807, 2.05) is 48.5 Å². The van der Waals surface area contributed by atoms with Crippen LogP contribution in [0.15, 0.2) is 53.1 Å². The molecule has 1 aliphatic heterocycles. The van der Waals surface area contributed by atoms with E-state index in [4.69, 9.17) is 19.7 Å². The third-order valence-corrected chi connectivity index (χ3v) is 3.69. The number of nitrogens with two attached hydrogens (primary N) is 1. The molecule has 1 unspecified atom stereocenters. The molecule has 0 aliphatic carbocycles. The Morgan fingerprint density at radius 3 is 2.74 bits per heavy atom. The number of rotatable bonds is 4. The lowest BCUT2D eigenvalue weighted by Crippen LogP contribution is -2.13. The number of fused-ring (bicyclic) bond motifs is 1. The Labute approximate surface area is 132 Å². The van der Waals surface area contributed by atoms with Gasteiger partial charge in [0.05, 0.1) is 6.04 Å². The number of nitrogens with zero attached hydrogens (tertiary/aromatic N) is 2. The molecule has 0 amide bonds. The Morgan fingerprint density at radius 2 is 1.87 bits per heavy atom. The van der Waals surface area contributed by atoms with Crippen LogP contribution in [0.4, 0.5) is 0 Å². The number of ether oxygens (including phenoxy) is 2. The third-order valence-electron chi connectivity index (χ3n) is 3.69. The van der Waals surface area contributed by atoms with Crippen LogP contribution < -0.4 is 15.2 Å². The van der Waals surface area contributed by atoms with E-state index in [2.05, 4.69) is 10.1 Å². The summed E-state index contributed by atoms with van der Waals surface area (Å²) in [5.41, 5.74) is 8.10. The van der Waals surface area contributed by atoms with Gasteiger partial charge in [-0.15, -0.1) is 0 Å². The molecule has 4 rings (SSSR count). The maximum atomic E-state index is 6.17. The molecule has 3 aromatic rings. The zero-order valence-electron chi connectivity index (χ0n) is 12.3. The van der Waals surface area contributed by atoms with E-state index in [1.165, 1.54) is 0 Å². The van der Waals surface area contributed by atoms with Crippen molar-refractivity contribution in [1.82, 2.24) is 10.1 Å². The highest BCUT2D eigenvalue weighted by molar-refractivity contribution is 5.61. The molecule has 1 aliphatic rings. The fourth-order valence-electron chi connectivity index (χ4n) is 2.49. The van der Waals surface area contributed by atoms with Gasteiger partial charge in [-0.2, -0.15) is 4.98 Å². The number of aromatic nitrogens is 2. The summed E-state index contributed by atoms with van der Waals surface area (Å²) in [6, 6.07) is 15.2. The molecule has 0 saturated heterocycles. The zero-order chi connectivity index (χ0) is 15.6. The summed E-state index contributed by atoms with van der Waals surface area (Å²) < 4.78 is 16.0. The van der Waals surface area contributed by atoms with Crippen molar-refractivity contribution in [3.63, 3.8) is 0 Å². The van der Waals surface area contributed by atoms with E-state index in [0.717, 1.165) is 16.9 Å². The second-order valence-corrected chi connectivity index (χ2v) is 5.32. The van der Waals surface area contributed by atoms with E-state index in [9.17, 15) is 0 Å². The molecular formula is C17H15N3O3. The first-order chi connectivity index (χ1) is 11.3. The van der Waals surface area contributed by atoms with Gasteiger partial charge in [-0.05, 0) is 30.2 Å². The smallest absolute Gasteiger partial charge is 0.244 e. The largest absolute Gasteiger partial charge is 0.454 e. The van der Waals surface area contributed by atoms with Crippen molar-refractivity contribution < 1.29 is 14.0 Å². The van der Waals surface area contributed by atoms with E-state index in [1.54, 1.807) is 0 Å². The van der Waals surface area contributed by atoms with E-state index >= 15 is 0 Å². The number of benzene rings is 2. The van der Waals surface area contributed by atoms with Crippen LogP contribution in [-0.4, -0.2) is 16.9 Å². The summed E-state index contributed by atoms with van der Waals surface area (Å²) in [6.45, 7) is 0.234. The third kappa shape index (κ3) is 2.76. The van der Waals surface area contributed by atoms with Crippen molar-refractivity contribution in [3.05, 3.63) is 60.0 Å². The van der Waals surface area contributed by atoms with Crippen molar-refractivity contribution in [2.75, 3.05) is 6.79 Å². The first-order valence-corrected chi connectivity index (χ1v) is 7.33. The van der Waals surface area contributed by atoms with Crippen LogP contribution in [0.1, 0.15) is 17.5 Å². The quantitative estimate of drug-likeness (QED) is 0.798. The number of hydrogen-bond acceptors (Lipinski definition) is 6. The van der Waals surface area contributed by atoms with Gasteiger partial charge in [0.1, 0.15) is 0 Å². The van der Waals surface area contributed by atoms with Crippen LogP contribution in [0.2, 0.25) is 0 Å². The van der Waals surface area contributed by atoms with Crippen LogP contribution in [0.25, 0.3) is 11.4 Å². The highest BCUT2D eigenvalue weighted by Crippen LogP contribution is 2.35. The molecule has 2 heterocycles. The molecule has 6 heteroatoms.